The van der Waals surface area contributed by atoms with Gasteiger partial charge in [0.05, 0.1) is 18.1 Å². The van der Waals surface area contributed by atoms with Crippen LogP contribution in [0.3, 0.4) is 0 Å². The first-order valence-corrected chi connectivity index (χ1v) is 6.72. The second-order valence-electron chi connectivity index (χ2n) is 5.48. The van der Waals surface area contributed by atoms with E-state index in [0.29, 0.717) is 23.8 Å². The van der Waals surface area contributed by atoms with Crippen LogP contribution in [0.1, 0.15) is 28.8 Å². The van der Waals surface area contributed by atoms with Crippen molar-refractivity contribution in [2.45, 2.75) is 31.5 Å². The Morgan fingerprint density at radius 1 is 1.40 bits per heavy atom. The van der Waals surface area contributed by atoms with E-state index < -0.39 is 17.7 Å². The highest BCUT2D eigenvalue weighted by molar-refractivity contribution is 5.77. The van der Waals surface area contributed by atoms with Crippen LogP contribution >= 0.6 is 0 Å². The zero-order valence-corrected chi connectivity index (χ0v) is 10.8. The molecular weight excluding hydrogens is 263 g/mol. The Kier molecular flexibility index (Phi) is 3.30. The third kappa shape index (κ3) is 2.12. The number of benzene rings is 1. The highest BCUT2D eigenvalue weighted by atomic mass is 19.1. The molecule has 0 aromatic heterocycles. The quantitative estimate of drug-likeness (QED) is 0.856. The number of carboxylic acid groups (broad SMARTS) is 1. The van der Waals surface area contributed by atoms with Gasteiger partial charge in [0.2, 0.25) is 0 Å². The Balaban J connectivity index is 1.88. The molecule has 4 atom stereocenters. The van der Waals surface area contributed by atoms with Gasteiger partial charge in [-0.25, -0.2) is 4.39 Å². The lowest BCUT2D eigenvalue weighted by molar-refractivity contribution is -0.144. The average Bonchev–Trinajstić information content (AvgIpc) is 2.99. The van der Waals surface area contributed by atoms with Gasteiger partial charge in [-0.2, -0.15) is 0 Å². The molecule has 2 aliphatic rings. The van der Waals surface area contributed by atoms with Gasteiger partial charge < -0.3 is 9.84 Å². The zero-order valence-electron chi connectivity index (χ0n) is 10.8. The number of hydrogen-bond donors (Lipinski definition) is 1. The second-order valence-corrected chi connectivity index (χ2v) is 5.48. The van der Waals surface area contributed by atoms with Crippen LogP contribution in [0.25, 0.3) is 0 Å². The number of halogens is 1. The minimum absolute atomic E-state index is 0.0936. The van der Waals surface area contributed by atoms with Crippen molar-refractivity contribution in [3.8, 4) is 0 Å². The molecule has 2 fully saturated rings. The van der Waals surface area contributed by atoms with Gasteiger partial charge >= 0.3 is 5.97 Å². The number of rotatable bonds is 4. The van der Waals surface area contributed by atoms with Crippen LogP contribution in [0, 0.1) is 17.7 Å². The monoisotopic (exact) mass is 278 g/mol. The molecule has 2 saturated heterocycles. The van der Waals surface area contributed by atoms with Crippen LogP contribution in [-0.4, -0.2) is 29.6 Å². The number of carboxylic acids is 1. The third-order valence-corrected chi connectivity index (χ3v) is 4.40. The summed E-state index contributed by atoms with van der Waals surface area (Å²) >= 11 is 0. The molecule has 1 N–H and O–H groups in total. The molecule has 2 bridgehead atoms. The molecule has 0 radical (unpaired) electrons. The van der Waals surface area contributed by atoms with E-state index in [-0.39, 0.29) is 18.1 Å². The molecule has 2 heterocycles. The fourth-order valence-corrected chi connectivity index (χ4v) is 3.50. The van der Waals surface area contributed by atoms with E-state index in [0.717, 1.165) is 12.8 Å². The predicted octanol–water partition coefficient (Wildman–Crippen LogP) is 2.06. The summed E-state index contributed by atoms with van der Waals surface area (Å²) in [5, 5.41) is 9.34. The summed E-state index contributed by atoms with van der Waals surface area (Å²) in [6, 6.07) is 3.98. The first-order valence-electron chi connectivity index (χ1n) is 6.72. The normalized spacial score (nSPS) is 31.4. The van der Waals surface area contributed by atoms with Crippen molar-refractivity contribution in [1.82, 2.24) is 0 Å². The molecule has 1 aromatic carbocycles. The van der Waals surface area contributed by atoms with Gasteiger partial charge in [-0.05, 0) is 43.0 Å². The minimum Gasteiger partial charge on any atom is -0.481 e. The summed E-state index contributed by atoms with van der Waals surface area (Å²) in [6.07, 6.45) is 2.31. The van der Waals surface area contributed by atoms with Crippen molar-refractivity contribution in [2.75, 3.05) is 0 Å². The van der Waals surface area contributed by atoms with Crippen LogP contribution in [0.5, 0.6) is 0 Å². The lowest BCUT2D eigenvalue weighted by atomic mass is 9.76. The van der Waals surface area contributed by atoms with E-state index >= 15 is 0 Å². The fraction of sp³-hybridized carbons (Fsp3) is 0.467. The van der Waals surface area contributed by atoms with Gasteiger partial charge in [0.1, 0.15) is 12.1 Å². The van der Waals surface area contributed by atoms with Gasteiger partial charge in [-0.3, -0.25) is 9.59 Å². The molecule has 2 aliphatic heterocycles. The maximum Gasteiger partial charge on any atom is 0.309 e. The molecular formula is C15H15FO4. The number of aliphatic carboxylic acids is 1. The Morgan fingerprint density at radius 3 is 2.85 bits per heavy atom. The molecule has 5 heteroatoms. The van der Waals surface area contributed by atoms with Crippen LogP contribution in [-0.2, 0) is 16.0 Å². The number of carbonyl (C=O) groups is 2. The number of fused-ring (bicyclic) bond motifs is 2. The summed E-state index contributed by atoms with van der Waals surface area (Å²) < 4.78 is 19.0. The molecule has 1 aromatic rings. The van der Waals surface area contributed by atoms with Crippen molar-refractivity contribution < 1.29 is 23.8 Å². The van der Waals surface area contributed by atoms with E-state index in [1.807, 2.05) is 0 Å². The first-order chi connectivity index (χ1) is 9.60. The van der Waals surface area contributed by atoms with Gasteiger partial charge in [-0.1, -0.05) is 0 Å². The van der Waals surface area contributed by atoms with E-state index in [9.17, 15) is 19.1 Å². The van der Waals surface area contributed by atoms with Crippen LogP contribution < -0.4 is 0 Å². The van der Waals surface area contributed by atoms with E-state index in [2.05, 4.69) is 0 Å². The van der Waals surface area contributed by atoms with Crippen LogP contribution in [0.15, 0.2) is 18.2 Å². The van der Waals surface area contributed by atoms with Gasteiger partial charge in [-0.15, -0.1) is 0 Å². The number of ether oxygens (including phenoxy) is 1. The Hall–Kier alpha value is -1.75. The smallest absolute Gasteiger partial charge is 0.309 e. The topological polar surface area (TPSA) is 63.6 Å². The minimum atomic E-state index is -0.869. The predicted molar refractivity (Wildman–Crippen MR) is 68.0 cm³/mol. The second kappa shape index (κ2) is 4.98. The number of carbonyl (C=O) groups excluding carboxylic acids is 1. The fourth-order valence-electron chi connectivity index (χ4n) is 3.50. The Bertz CT molecular complexity index is 557. The lowest BCUT2D eigenvalue weighted by Gasteiger charge is -2.25. The summed E-state index contributed by atoms with van der Waals surface area (Å²) in [4.78, 5) is 22.4. The van der Waals surface area contributed by atoms with E-state index in [1.54, 1.807) is 0 Å². The molecule has 20 heavy (non-hydrogen) atoms. The molecule has 4 nitrogen and oxygen atoms in total. The number of hydrogen-bond acceptors (Lipinski definition) is 3. The van der Waals surface area contributed by atoms with Crippen molar-refractivity contribution in [1.29, 1.82) is 0 Å². The van der Waals surface area contributed by atoms with Crippen molar-refractivity contribution in [2.24, 2.45) is 11.8 Å². The van der Waals surface area contributed by atoms with Gasteiger partial charge in [0, 0.05) is 11.5 Å². The molecule has 106 valence electrons. The van der Waals surface area contributed by atoms with Crippen molar-refractivity contribution in [3.63, 3.8) is 0 Å². The molecule has 0 saturated carbocycles. The lowest BCUT2D eigenvalue weighted by Crippen LogP contribution is -2.34. The van der Waals surface area contributed by atoms with Gasteiger partial charge in [0.25, 0.3) is 0 Å². The summed E-state index contributed by atoms with van der Waals surface area (Å²) in [5.74, 6) is -2.03. The van der Waals surface area contributed by atoms with Gasteiger partial charge in [0.15, 0.2) is 0 Å². The maximum atomic E-state index is 13.3. The van der Waals surface area contributed by atoms with Crippen LogP contribution in [0.2, 0.25) is 0 Å². The molecule has 3 rings (SSSR count). The molecule has 0 amide bonds. The number of aldehydes is 1. The van der Waals surface area contributed by atoms with E-state index in [4.69, 9.17) is 4.74 Å². The maximum absolute atomic E-state index is 13.3. The first kappa shape index (κ1) is 13.2. The molecule has 0 aliphatic carbocycles. The average molecular weight is 278 g/mol. The van der Waals surface area contributed by atoms with Crippen LogP contribution in [0.4, 0.5) is 4.39 Å². The summed E-state index contributed by atoms with van der Waals surface area (Å²) in [5.41, 5.74) is 0.978. The molecule has 0 spiro atoms. The van der Waals surface area contributed by atoms with Crippen molar-refractivity contribution >= 4 is 12.3 Å². The Morgan fingerprint density at radius 2 is 2.15 bits per heavy atom. The highest BCUT2D eigenvalue weighted by Crippen LogP contribution is 2.45. The SMILES string of the molecule is O=Cc1ccc(F)cc1CC1C2CCC(O2)C1C(=O)O. The summed E-state index contributed by atoms with van der Waals surface area (Å²) in [7, 11) is 0. The third-order valence-electron chi connectivity index (χ3n) is 4.40. The zero-order chi connectivity index (χ0) is 14.3. The van der Waals surface area contributed by atoms with E-state index in [1.165, 1.54) is 18.2 Å². The standard InChI is InChI=1S/C15H15FO4/c16-10-2-1-8(7-17)9(5-10)6-11-12-3-4-13(20-12)14(11)15(18)19/h1-2,5,7,11-14H,3-4,6H2,(H,18,19). The Labute approximate surface area is 115 Å². The highest BCUT2D eigenvalue weighted by Gasteiger charge is 2.52. The summed E-state index contributed by atoms with van der Waals surface area (Å²) in [6.45, 7) is 0. The largest absolute Gasteiger partial charge is 0.481 e. The molecule has 4 unspecified atom stereocenters. The van der Waals surface area contributed by atoms with Crippen molar-refractivity contribution in [3.05, 3.63) is 35.1 Å².